The van der Waals surface area contributed by atoms with Gasteiger partial charge in [0.2, 0.25) is 0 Å². The minimum absolute atomic E-state index is 0.0160. The minimum Gasteiger partial charge on any atom is -0.493 e. The number of rotatable bonds is 2. The van der Waals surface area contributed by atoms with Crippen molar-refractivity contribution >= 4 is 0 Å². The van der Waals surface area contributed by atoms with E-state index in [2.05, 4.69) is 22.7 Å². The van der Waals surface area contributed by atoms with Crippen molar-refractivity contribution in [3.63, 3.8) is 0 Å². The molecular formula is C14H17N3O. The van der Waals surface area contributed by atoms with Gasteiger partial charge in [0.05, 0.1) is 5.54 Å². The van der Waals surface area contributed by atoms with Gasteiger partial charge in [-0.1, -0.05) is 17.3 Å². The molecular weight excluding hydrogens is 226 g/mol. The zero-order valence-electron chi connectivity index (χ0n) is 11.0. The van der Waals surface area contributed by atoms with E-state index < -0.39 is 5.54 Å². The molecule has 0 spiro atoms. The fourth-order valence-electron chi connectivity index (χ4n) is 2.65. The average Bonchev–Trinajstić information content (AvgIpc) is 2.30. The SMILES string of the molecule is C=C[C@H]1c2c(C)cc(C)cc2OCC1(C)N=[N+]=[N-]. The van der Waals surface area contributed by atoms with Gasteiger partial charge in [0.25, 0.3) is 0 Å². The molecule has 0 N–H and O–H groups in total. The number of fused-ring (bicyclic) bond motifs is 1. The van der Waals surface area contributed by atoms with Crippen LogP contribution in [-0.2, 0) is 0 Å². The van der Waals surface area contributed by atoms with Crippen molar-refractivity contribution in [1.82, 2.24) is 0 Å². The van der Waals surface area contributed by atoms with E-state index in [1.165, 1.54) is 5.56 Å². The smallest absolute Gasteiger partial charge is 0.123 e. The lowest BCUT2D eigenvalue weighted by Gasteiger charge is -2.38. The Morgan fingerprint density at radius 3 is 2.89 bits per heavy atom. The van der Waals surface area contributed by atoms with E-state index in [0.29, 0.717) is 6.61 Å². The molecule has 0 radical (unpaired) electrons. The summed E-state index contributed by atoms with van der Waals surface area (Å²) in [5.41, 5.74) is 11.5. The molecule has 0 aliphatic carbocycles. The van der Waals surface area contributed by atoms with Gasteiger partial charge in [-0.15, -0.1) is 6.58 Å². The van der Waals surface area contributed by atoms with Crippen LogP contribution in [0, 0.1) is 13.8 Å². The number of hydrogen-bond donors (Lipinski definition) is 0. The normalized spacial score (nSPS) is 25.6. The highest BCUT2D eigenvalue weighted by Gasteiger charge is 2.39. The first-order chi connectivity index (χ1) is 8.51. The van der Waals surface area contributed by atoms with Crippen LogP contribution in [-0.4, -0.2) is 12.1 Å². The van der Waals surface area contributed by atoms with Gasteiger partial charge in [-0.2, -0.15) is 0 Å². The Kier molecular flexibility index (Phi) is 3.05. The second-order valence-electron chi connectivity index (χ2n) is 5.04. The van der Waals surface area contributed by atoms with Crippen LogP contribution in [0.1, 0.15) is 29.5 Å². The first-order valence-corrected chi connectivity index (χ1v) is 5.94. The third-order valence-corrected chi connectivity index (χ3v) is 3.50. The molecule has 4 heteroatoms. The van der Waals surface area contributed by atoms with Gasteiger partial charge in [-0.3, -0.25) is 0 Å². The van der Waals surface area contributed by atoms with E-state index in [1.807, 2.05) is 32.9 Å². The summed E-state index contributed by atoms with van der Waals surface area (Å²) in [4.78, 5) is 2.95. The van der Waals surface area contributed by atoms with Crippen LogP contribution in [0.4, 0.5) is 0 Å². The summed E-state index contributed by atoms with van der Waals surface area (Å²) in [5, 5.41) is 3.91. The first-order valence-electron chi connectivity index (χ1n) is 5.94. The summed E-state index contributed by atoms with van der Waals surface area (Å²) in [6.07, 6.45) is 1.85. The highest BCUT2D eigenvalue weighted by Crippen LogP contribution is 2.44. The van der Waals surface area contributed by atoms with Crippen LogP contribution in [0.2, 0.25) is 0 Å². The second-order valence-corrected chi connectivity index (χ2v) is 5.04. The molecule has 0 saturated heterocycles. The zero-order valence-corrected chi connectivity index (χ0v) is 11.0. The maximum absolute atomic E-state index is 8.73. The molecule has 1 heterocycles. The van der Waals surface area contributed by atoms with Gasteiger partial charge < -0.3 is 4.74 Å². The third kappa shape index (κ3) is 1.85. The Bertz CT molecular complexity index is 546. The Morgan fingerprint density at radius 1 is 1.56 bits per heavy atom. The number of ether oxygens (including phenoxy) is 1. The standard InChI is InChI=1S/C14H17N3O/c1-5-11-13-10(3)6-9(2)7-12(13)18-8-14(11,4)16-17-15/h5-7,11H,1,8H2,2-4H3/t11-,14?/m0/s1. The summed E-state index contributed by atoms with van der Waals surface area (Å²) in [6, 6.07) is 4.13. The molecule has 0 aromatic heterocycles. The molecule has 1 aliphatic heterocycles. The molecule has 4 nitrogen and oxygen atoms in total. The van der Waals surface area contributed by atoms with Crippen molar-refractivity contribution in [3.8, 4) is 5.75 Å². The van der Waals surface area contributed by atoms with Crippen molar-refractivity contribution in [2.24, 2.45) is 5.11 Å². The van der Waals surface area contributed by atoms with Crippen LogP contribution in [0.5, 0.6) is 5.75 Å². The predicted molar refractivity (Wildman–Crippen MR) is 71.9 cm³/mol. The van der Waals surface area contributed by atoms with E-state index in [-0.39, 0.29) is 5.92 Å². The fraction of sp³-hybridized carbons (Fsp3) is 0.429. The predicted octanol–water partition coefficient (Wildman–Crippen LogP) is 4.03. The summed E-state index contributed by atoms with van der Waals surface area (Å²) in [6.45, 7) is 10.3. The second kappa shape index (κ2) is 4.39. The van der Waals surface area contributed by atoms with Gasteiger partial charge >= 0.3 is 0 Å². The first kappa shape index (κ1) is 12.5. The molecule has 1 aromatic carbocycles. The maximum atomic E-state index is 8.73. The molecule has 2 atom stereocenters. The van der Waals surface area contributed by atoms with E-state index in [0.717, 1.165) is 16.9 Å². The molecule has 0 saturated carbocycles. The van der Waals surface area contributed by atoms with Gasteiger partial charge in [0, 0.05) is 16.4 Å². The van der Waals surface area contributed by atoms with Gasteiger partial charge in [0.1, 0.15) is 12.4 Å². The van der Waals surface area contributed by atoms with Crippen molar-refractivity contribution < 1.29 is 4.74 Å². The summed E-state index contributed by atoms with van der Waals surface area (Å²) in [7, 11) is 0. The molecule has 0 bridgehead atoms. The van der Waals surface area contributed by atoms with Gasteiger partial charge in [-0.05, 0) is 43.5 Å². The van der Waals surface area contributed by atoms with Crippen molar-refractivity contribution in [2.75, 3.05) is 6.61 Å². The molecule has 1 unspecified atom stereocenters. The van der Waals surface area contributed by atoms with E-state index >= 15 is 0 Å². The largest absolute Gasteiger partial charge is 0.493 e. The number of aryl methyl sites for hydroxylation is 2. The quantitative estimate of drug-likeness (QED) is 0.335. The van der Waals surface area contributed by atoms with E-state index in [1.54, 1.807) is 0 Å². The van der Waals surface area contributed by atoms with Crippen LogP contribution in [0.3, 0.4) is 0 Å². The van der Waals surface area contributed by atoms with Crippen molar-refractivity contribution in [1.29, 1.82) is 0 Å². The Labute approximate surface area is 107 Å². The number of hydrogen-bond acceptors (Lipinski definition) is 2. The Hall–Kier alpha value is -1.93. The minimum atomic E-state index is -0.608. The number of nitrogens with zero attached hydrogens (tertiary/aromatic N) is 3. The molecule has 2 rings (SSSR count). The van der Waals surface area contributed by atoms with Crippen LogP contribution in [0.25, 0.3) is 10.4 Å². The zero-order chi connectivity index (χ0) is 13.3. The monoisotopic (exact) mass is 243 g/mol. The van der Waals surface area contributed by atoms with Crippen LogP contribution < -0.4 is 4.74 Å². The summed E-state index contributed by atoms with van der Waals surface area (Å²) >= 11 is 0. The molecule has 0 amide bonds. The highest BCUT2D eigenvalue weighted by atomic mass is 16.5. The molecule has 94 valence electrons. The molecule has 1 aliphatic rings. The number of azide groups is 1. The highest BCUT2D eigenvalue weighted by molar-refractivity contribution is 5.50. The van der Waals surface area contributed by atoms with Crippen molar-refractivity contribution in [3.05, 3.63) is 51.9 Å². The number of benzene rings is 1. The summed E-state index contributed by atoms with van der Waals surface area (Å²) in [5.74, 6) is 0.862. The molecule has 18 heavy (non-hydrogen) atoms. The lowest BCUT2D eigenvalue weighted by Crippen LogP contribution is -2.40. The topological polar surface area (TPSA) is 58.0 Å². The fourth-order valence-corrected chi connectivity index (χ4v) is 2.65. The Morgan fingerprint density at radius 2 is 2.28 bits per heavy atom. The van der Waals surface area contributed by atoms with Gasteiger partial charge in [-0.25, -0.2) is 0 Å². The van der Waals surface area contributed by atoms with Gasteiger partial charge in [0.15, 0.2) is 0 Å². The van der Waals surface area contributed by atoms with E-state index in [9.17, 15) is 0 Å². The van der Waals surface area contributed by atoms with Crippen LogP contribution >= 0.6 is 0 Å². The summed E-state index contributed by atoms with van der Waals surface area (Å²) < 4.78 is 5.77. The van der Waals surface area contributed by atoms with Crippen LogP contribution in [0.15, 0.2) is 29.9 Å². The maximum Gasteiger partial charge on any atom is 0.123 e. The molecule has 0 fully saturated rings. The lowest BCUT2D eigenvalue weighted by atomic mass is 9.77. The Balaban J connectivity index is 2.63. The lowest BCUT2D eigenvalue weighted by molar-refractivity contribution is 0.189. The van der Waals surface area contributed by atoms with E-state index in [4.69, 9.17) is 10.3 Å². The third-order valence-electron chi connectivity index (χ3n) is 3.50. The average molecular weight is 243 g/mol. The molecule has 1 aromatic rings. The van der Waals surface area contributed by atoms with Crippen molar-refractivity contribution in [2.45, 2.75) is 32.2 Å².